The molecular weight excluding hydrogens is 763 g/mol. The van der Waals surface area contributed by atoms with Gasteiger partial charge in [0.15, 0.2) is 23.5 Å². The number of thiazole rings is 1. The number of aromatic nitrogens is 3. The number of nitrogens with two attached hydrogens (primary N) is 2. The highest BCUT2D eigenvalue weighted by atomic mass is 32.3. The lowest BCUT2D eigenvalue weighted by molar-refractivity contribution is -0.780. The second-order valence-corrected chi connectivity index (χ2v) is 16.2. The normalized spacial score (nSPS) is 22.6. The van der Waals surface area contributed by atoms with Crippen molar-refractivity contribution < 1.29 is 56.1 Å². The molecule has 0 bridgehead atoms. The lowest BCUT2D eigenvalue weighted by Crippen LogP contribution is -2.76. The summed E-state index contributed by atoms with van der Waals surface area (Å²) in [5, 5.41) is 32.2. The standard InChI is InChI=1S/C33H43N9O11S2/c1-32(2)27(29(45)42(32)53-55(48,49)50)38-28(44)26(23-17-54-31(35)37-23)39-52-33(3,30(46)47)25-7-5-20-10-19(4-6-24(20)51-25)21-14-40(13-18-8-9-36-12-18)41(15-21)16-22(43)11-34/h4,6,10,14-15,17-18,22,25,27,36,43H,5,7-9,11-13,16,34H2,1-3H3,(H4-,35,37,38,44,46,47,48,49,50)/b39-26-/t18-,22+,25-,27-,33+/m1/s1. The highest BCUT2D eigenvalue weighted by Gasteiger charge is 2.58. The third-order valence-electron chi connectivity index (χ3n) is 9.99. The zero-order valence-electron chi connectivity index (χ0n) is 30.2. The first-order valence-electron chi connectivity index (χ1n) is 17.4. The van der Waals surface area contributed by atoms with Crippen LogP contribution in [0.2, 0.25) is 0 Å². The van der Waals surface area contributed by atoms with E-state index in [1.54, 1.807) is 6.07 Å². The van der Waals surface area contributed by atoms with Crippen molar-refractivity contribution in [1.29, 1.82) is 0 Å². The summed E-state index contributed by atoms with van der Waals surface area (Å²) in [6, 6.07) is 4.21. The van der Waals surface area contributed by atoms with Gasteiger partial charge in [0.25, 0.3) is 17.4 Å². The number of benzene rings is 1. The van der Waals surface area contributed by atoms with Crippen molar-refractivity contribution in [3.05, 3.63) is 47.2 Å². The fourth-order valence-corrected chi connectivity index (χ4v) is 7.74. The molecule has 0 unspecified atom stereocenters. The monoisotopic (exact) mass is 805 g/mol. The third kappa shape index (κ3) is 8.44. The van der Waals surface area contributed by atoms with Crippen LogP contribution in [0.5, 0.6) is 5.75 Å². The highest BCUT2D eigenvalue weighted by Crippen LogP contribution is 2.37. The van der Waals surface area contributed by atoms with Crippen LogP contribution >= 0.6 is 11.3 Å². The number of aliphatic carboxylic acids is 1. The van der Waals surface area contributed by atoms with E-state index >= 15 is 0 Å². The molecule has 6 rings (SSSR count). The van der Waals surface area contributed by atoms with Gasteiger partial charge in [-0.3, -0.25) is 9.59 Å². The number of ether oxygens (including phenoxy) is 1. The second-order valence-electron chi connectivity index (χ2n) is 14.4. The smallest absolute Gasteiger partial charge is 0.354 e. The van der Waals surface area contributed by atoms with Crippen LogP contribution in [0.15, 0.2) is 41.1 Å². The van der Waals surface area contributed by atoms with Crippen LogP contribution in [0.4, 0.5) is 5.13 Å². The minimum atomic E-state index is -5.29. The van der Waals surface area contributed by atoms with Crippen LogP contribution in [-0.2, 0) is 53.4 Å². The lowest BCUT2D eigenvalue weighted by atomic mass is 9.84. The van der Waals surface area contributed by atoms with E-state index in [0.29, 0.717) is 29.7 Å². The molecule has 3 aliphatic heterocycles. The fourth-order valence-electron chi connectivity index (χ4n) is 6.74. The van der Waals surface area contributed by atoms with Gasteiger partial charge in [0.2, 0.25) is 16.6 Å². The Morgan fingerprint density at radius 2 is 2.09 bits per heavy atom. The van der Waals surface area contributed by atoms with Crippen molar-refractivity contribution in [3.8, 4) is 16.9 Å². The van der Waals surface area contributed by atoms with Gasteiger partial charge in [-0.15, -0.1) is 16.0 Å². The number of nitrogen functional groups attached to an aromatic ring is 1. The predicted octanol–water partition coefficient (Wildman–Crippen LogP) is -1.13. The van der Waals surface area contributed by atoms with Crippen molar-refractivity contribution in [2.24, 2.45) is 16.8 Å². The van der Waals surface area contributed by atoms with Gasteiger partial charge in [-0.2, -0.15) is 14.0 Å². The molecule has 1 aromatic carbocycles. The Balaban J connectivity index is 1.21. The van der Waals surface area contributed by atoms with Crippen molar-refractivity contribution in [2.45, 2.75) is 82.5 Å². The Kier molecular flexibility index (Phi) is 11.2. The number of amides is 2. The van der Waals surface area contributed by atoms with E-state index < -0.39 is 63.3 Å². The number of rotatable bonds is 15. The summed E-state index contributed by atoms with van der Waals surface area (Å²) in [7, 11) is -5.29. The number of carboxylic acids is 1. The van der Waals surface area contributed by atoms with Crippen molar-refractivity contribution in [3.63, 3.8) is 0 Å². The Morgan fingerprint density at radius 1 is 1.33 bits per heavy atom. The highest BCUT2D eigenvalue weighted by molar-refractivity contribution is 7.80. The summed E-state index contributed by atoms with van der Waals surface area (Å²) in [6.07, 6.45) is 3.88. The summed E-state index contributed by atoms with van der Waals surface area (Å²) in [4.78, 5) is 48.7. The zero-order valence-corrected chi connectivity index (χ0v) is 31.8. The number of fused-ring (bicyclic) bond motifs is 1. The van der Waals surface area contributed by atoms with Crippen LogP contribution in [0.1, 0.15) is 44.9 Å². The number of β-lactam (4-membered cyclic amide) rings is 1. The van der Waals surface area contributed by atoms with E-state index in [4.69, 9.17) is 21.0 Å². The maximum Gasteiger partial charge on any atom is 0.354 e. The van der Waals surface area contributed by atoms with E-state index in [1.165, 1.54) is 26.2 Å². The summed E-state index contributed by atoms with van der Waals surface area (Å²) >= 11 is 0.959. The molecule has 2 amide bonds. The van der Waals surface area contributed by atoms with Crippen LogP contribution < -0.4 is 31.5 Å². The van der Waals surface area contributed by atoms with E-state index in [2.05, 4.69) is 29.7 Å². The Hall–Kier alpha value is -4.71. The maximum absolute atomic E-state index is 13.5. The average Bonchev–Trinajstić information content (AvgIpc) is 3.91. The van der Waals surface area contributed by atoms with Crippen LogP contribution in [-0.4, -0.2) is 110 Å². The molecule has 3 aliphatic rings. The minimum absolute atomic E-state index is 0.0500. The second kappa shape index (κ2) is 15.4. The van der Waals surface area contributed by atoms with E-state index in [-0.39, 0.29) is 23.8 Å². The molecule has 8 N–H and O–H groups in total. The van der Waals surface area contributed by atoms with Crippen molar-refractivity contribution >= 4 is 50.4 Å². The van der Waals surface area contributed by atoms with Crippen LogP contribution in [0.25, 0.3) is 11.1 Å². The van der Waals surface area contributed by atoms with Crippen molar-refractivity contribution in [1.82, 2.24) is 25.4 Å². The maximum atomic E-state index is 13.5. The fraction of sp³-hybridized carbons (Fsp3) is 0.515. The van der Waals surface area contributed by atoms with Gasteiger partial charge < -0.3 is 46.4 Å². The molecule has 0 spiro atoms. The molecule has 5 atom stereocenters. The van der Waals surface area contributed by atoms with Gasteiger partial charge >= 0.3 is 5.97 Å². The number of hydrogen-bond acceptors (Lipinski definition) is 16. The Morgan fingerprint density at radius 3 is 2.71 bits per heavy atom. The van der Waals surface area contributed by atoms with Crippen LogP contribution in [0.3, 0.4) is 0 Å². The molecule has 298 valence electrons. The number of hydrogen-bond donors (Lipinski definition) is 6. The molecule has 5 heterocycles. The largest absolute Gasteiger partial charge is 0.724 e. The SMILES string of the molecule is CC1(C)[C@H](NC(=O)/C(=N\O[C@](C)(C(=O)O)[C@H]2CCc3cc(-c4cn(C[C@@H](O)CN)[n+](C[C@@H]5CCNC5)c4)ccc3O2)c2csc(N)n2)C(=O)N1OS(=O)(=O)[O-]. The Bertz CT molecular complexity index is 2100. The topological polar surface area (TPSA) is 290 Å². The van der Waals surface area contributed by atoms with E-state index in [0.717, 1.165) is 54.1 Å². The lowest BCUT2D eigenvalue weighted by Gasteiger charge is -2.51. The van der Waals surface area contributed by atoms with Gasteiger partial charge in [-0.25, -0.2) is 18.2 Å². The predicted molar refractivity (Wildman–Crippen MR) is 193 cm³/mol. The summed E-state index contributed by atoms with van der Waals surface area (Å²) < 4.78 is 47.8. The van der Waals surface area contributed by atoms with Gasteiger partial charge in [0.05, 0.1) is 23.4 Å². The molecule has 2 aromatic heterocycles. The van der Waals surface area contributed by atoms with Gasteiger partial charge in [-0.1, -0.05) is 11.2 Å². The summed E-state index contributed by atoms with van der Waals surface area (Å²) in [5.41, 5.74) is 9.90. The first-order valence-corrected chi connectivity index (χ1v) is 19.6. The Labute approximate surface area is 319 Å². The summed E-state index contributed by atoms with van der Waals surface area (Å²) in [5.74, 6) is -2.62. The molecule has 0 radical (unpaired) electrons. The first-order chi connectivity index (χ1) is 25.9. The number of carbonyl (C=O) groups excluding carboxylic acids is 2. The number of oxime groups is 1. The molecular formula is C33H43N9O11S2. The number of carbonyl (C=O) groups is 3. The third-order valence-corrected chi connectivity index (χ3v) is 11.0. The number of carboxylic acid groups (broad SMARTS) is 1. The molecule has 2 fully saturated rings. The van der Waals surface area contributed by atoms with Gasteiger partial charge in [0, 0.05) is 24.4 Å². The van der Waals surface area contributed by atoms with Gasteiger partial charge in [-0.05, 0) is 69.8 Å². The van der Waals surface area contributed by atoms with E-state index in [9.17, 15) is 37.6 Å². The molecule has 20 nitrogen and oxygen atoms in total. The number of aliphatic hydroxyl groups excluding tert-OH is 1. The summed E-state index contributed by atoms with van der Waals surface area (Å²) in [6.45, 7) is 7.05. The molecule has 3 aromatic rings. The van der Waals surface area contributed by atoms with E-state index in [1.807, 2.05) is 29.2 Å². The van der Waals surface area contributed by atoms with Gasteiger partial charge in [0.1, 0.15) is 24.0 Å². The molecule has 0 saturated carbocycles. The number of anilines is 1. The molecule has 2 saturated heterocycles. The molecule has 55 heavy (non-hydrogen) atoms. The number of nitrogens with zero attached hydrogens (tertiary/aromatic N) is 5. The molecule has 22 heteroatoms. The average molecular weight is 806 g/mol. The first kappa shape index (κ1) is 40.0. The minimum Gasteiger partial charge on any atom is -0.724 e. The molecule has 0 aliphatic carbocycles. The number of nitrogens with one attached hydrogen (secondary N) is 2. The van der Waals surface area contributed by atoms with Crippen molar-refractivity contribution in [2.75, 3.05) is 25.4 Å². The number of aliphatic hydroxyl groups is 1. The zero-order chi connectivity index (χ0) is 39.9. The number of hydroxylamine groups is 2. The van der Waals surface area contributed by atoms with Crippen LogP contribution in [0, 0.1) is 5.92 Å². The number of aryl methyl sites for hydroxylation is 1. The quantitative estimate of drug-likeness (QED) is 0.0265.